The predicted molar refractivity (Wildman–Crippen MR) is 155 cm³/mol. The molecule has 0 radical (unpaired) electrons. The summed E-state index contributed by atoms with van der Waals surface area (Å²) in [6, 6.07) is 15.2. The largest absolute Gasteiger partial charge is 0.377 e. The van der Waals surface area contributed by atoms with Gasteiger partial charge in [-0.3, -0.25) is 0 Å². The second kappa shape index (κ2) is 10.9. The zero-order chi connectivity index (χ0) is 23.5. The van der Waals surface area contributed by atoms with Gasteiger partial charge in [-0.15, -0.1) is 0 Å². The number of rotatable bonds is 5. The molecule has 1 aliphatic rings. The first kappa shape index (κ1) is 24.7. The number of benzene rings is 2. The van der Waals surface area contributed by atoms with Crippen LogP contribution in [0.4, 0.5) is 17.2 Å². The van der Waals surface area contributed by atoms with Crippen LogP contribution < -0.4 is 20.9 Å². The number of aromatic nitrogens is 1. The van der Waals surface area contributed by atoms with Gasteiger partial charge in [-0.05, 0) is 88.0 Å². The summed E-state index contributed by atoms with van der Waals surface area (Å²) in [6.07, 6.45) is 4.24. The molecule has 3 N–H and O–H groups in total. The molecule has 0 spiro atoms. The molecule has 1 heterocycles. The van der Waals surface area contributed by atoms with Crippen molar-refractivity contribution in [2.24, 2.45) is 0 Å². The number of fused-ring (bicyclic) bond motifs is 1. The van der Waals surface area contributed by atoms with Crippen molar-refractivity contribution in [2.45, 2.75) is 37.8 Å². The topological polar surface area (TPSA) is 52.2 Å². The van der Waals surface area contributed by atoms with Crippen LogP contribution in [0.1, 0.15) is 25.7 Å². The second-order valence-electron chi connectivity index (χ2n) is 8.47. The zero-order valence-corrected chi connectivity index (χ0v) is 24.0. The Morgan fingerprint density at radius 2 is 1.61 bits per heavy atom. The highest BCUT2D eigenvalue weighted by Gasteiger charge is 2.23. The number of hydrogen-bond acceptors (Lipinski definition) is 4. The van der Waals surface area contributed by atoms with Crippen molar-refractivity contribution in [3.63, 3.8) is 0 Å². The maximum Gasteiger partial charge on any atom is 0.171 e. The van der Waals surface area contributed by atoms with E-state index in [9.17, 15) is 0 Å². The number of pyridine rings is 1. The van der Waals surface area contributed by atoms with Crippen LogP contribution in [0.3, 0.4) is 0 Å². The van der Waals surface area contributed by atoms with Crippen molar-refractivity contribution in [3.05, 3.63) is 55.9 Å². The van der Waals surface area contributed by atoms with Gasteiger partial charge in [0.15, 0.2) is 5.11 Å². The first-order valence-electron chi connectivity index (χ1n) is 10.9. The SMILES string of the molecule is CN(C)c1cc(NC2CCC(NC(=S)Nc3c(Br)cc(Br)cc3Br)CC2)nc2ccccc12. The van der Waals surface area contributed by atoms with Crippen molar-refractivity contribution in [1.29, 1.82) is 0 Å². The van der Waals surface area contributed by atoms with Crippen LogP contribution in [-0.2, 0) is 0 Å². The minimum Gasteiger partial charge on any atom is -0.377 e. The summed E-state index contributed by atoms with van der Waals surface area (Å²) in [6.45, 7) is 0. The molecule has 5 nitrogen and oxygen atoms in total. The van der Waals surface area contributed by atoms with Crippen molar-refractivity contribution in [2.75, 3.05) is 29.6 Å². The molecule has 0 aliphatic heterocycles. The molecule has 1 saturated carbocycles. The minimum atomic E-state index is 0.359. The molecule has 3 aromatic rings. The third-order valence-electron chi connectivity index (χ3n) is 5.84. The molecule has 0 bridgehead atoms. The lowest BCUT2D eigenvalue weighted by molar-refractivity contribution is 0.388. The third-order valence-corrected chi connectivity index (χ3v) is 7.76. The van der Waals surface area contributed by atoms with E-state index in [-0.39, 0.29) is 0 Å². The minimum absolute atomic E-state index is 0.359. The molecule has 1 aliphatic carbocycles. The Labute approximate surface area is 225 Å². The lowest BCUT2D eigenvalue weighted by atomic mass is 9.91. The van der Waals surface area contributed by atoms with Gasteiger partial charge in [-0.2, -0.15) is 0 Å². The average Bonchev–Trinajstić information content (AvgIpc) is 2.77. The summed E-state index contributed by atoms with van der Waals surface area (Å²) >= 11 is 16.3. The number of para-hydroxylation sites is 1. The van der Waals surface area contributed by atoms with E-state index in [2.05, 4.69) is 107 Å². The maximum absolute atomic E-state index is 5.58. The fourth-order valence-electron chi connectivity index (χ4n) is 4.19. The Hall–Kier alpha value is -1.42. The maximum atomic E-state index is 5.58. The van der Waals surface area contributed by atoms with E-state index in [1.165, 1.54) is 11.1 Å². The Morgan fingerprint density at radius 1 is 0.970 bits per heavy atom. The highest BCUT2D eigenvalue weighted by atomic mass is 79.9. The zero-order valence-electron chi connectivity index (χ0n) is 18.5. The van der Waals surface area contributed by atoms with Gasteiger partial charge in [0.05, 0.1) is 11.2 Å². The van der Waals surface area contributed by atoms with Gasteiger partial charge in [-0.1, -0.05) is 34.1 Å². The van der Waals surface area contributed by atoms with Gasteiger partial charge in [0, 0.05) is 56.7 Å². The second-order valence-corrected chi connectivity index (χ2v) is 11.5. The van der Waals surface area contributed by atoms with Crippen molar-refractivity contribution in [3.8, 4) is 0 Å². The highest BCUT2D eigenvalue weighted by Crippen LogP contribution is 2.34. The van der Waals surface area contributed by atoms with Crippen molar-refractivity contribution >= 4 is 93.2 Å². The molecule has 0 atom stereocenters. The normalized spacial score (nSPS) is 18.1. The standard InChI is InChI=1S/C24H26Br3N5S/c1-32(2)21-13-22(30-20-6-4-3-5-17(20)21)28-15-7-9-16(10-8-15)29-24(33)31-23-18(26)11-14(25)12-19(23)27/h3-6,11-13,15-16H,7-10H2,1-2H3,(H,28,30)(H2,29,31,33). The monoisotopic (exact) mass is 653 g/mol. The fourth-order valence-corrected chi connectivity index (χ4v) is 6.91. The van der Waals surface area contributed by atoms with Crippen LogP contribution in [0, 0.1) is 0 Å². The molecule has 2 aromatic carbocycles. The lowest BCUT2D eigenvalue weighted by Crippen LogP contribution is -2.42. The number of anilines is 3. The van der Waals surface area contributed by atoms with E-state index >= 15 is 0 Å². The fraction of sp³-hybridized carbons (Fsp3) is 0.333. The van der Waals surface area contributed by atoms with Gasteiger partial charge < -0.3 is 20.9 Å². The van der Waals surface area contributed by atoms with Gasteiger partial charge in [0.1, 0.15) is 5.82 Å². The molecule has 0 amide bonds. The molecular formula is C24H26Br3N5S. The number of hydrogen-bond donors (Lipinski definition) is 3. The van der Waals surface area contributed by atoms with Crippen molar-refractivity contribution in [1.82, 2.24) is 10.3 Å². The molecule has 1 fully saturated rings. The molecule has 4 rings (SSSR count). The molecule has 0 saturated heterocycles. The van der Waals surface area contributed by atoms with E-state index in [1.54, 1.807) is 0 Å². The Kier molecular flexibility index (Phi) is 8.15. The number of thiocarbonyl (C=S) groups is 1. The first-order chi connectivity index (χ1) is 15.8. The first-order valence-corrected chi connectivity index (χ1v) is 13.6. The molecule has 33 heavy (non-hydrogen) atoms. The third kappa shape index (κ3) is 6.18. The smallest absolute Gasteiger partial charge is 0.171 e. The number of nitrogens with zero attached hydrogens (tertiary/aromatic N) is 2. The summed E-state index contributed by atoms with van der Waals surface area (Å²) < 4.78 is 2.89. The van der Waals surface area contributed by atoms with Crippen LogP contribution in [0.5, 0.6) is 0 Å². The predicted octanol–water partition coefficient (Wildman–Crippen LogP) is 7.30. The molecule has 1 aromatic heterocycles. The van der Waals surface area contributed by atoms with E-state index in [0.29, 0.717) is 17.2 Å². The van der Waals surface area contributed by atoms with Gasteiger partial charge in [0.2, 0.25) is 0 Å². The number of nitrogens with one attached hydrogen (secondary N) is 3. The highest BCUT2D eigenvalue weighted by molar-refractivity contribution is 9.11. The van der Waals surface area contributed by atoms with Gasteiger partial charge >= 0.3 is 0 Å². The van der Waals surface area contributed by atoms with Crippen molar-refractivity contribution < 1.29 is 0 Å². The van der Waals surface area contributed by atoms with Crippen LogP contribution >= 0.6 is 60.0 Å². The Balaban J connectivity index is 1.34. The summed E-state index contributed by atoms with van der Waals surface area (Å²) in [5.41, 5.74) is 3.12. The molecule has 0 unspecified atom stereocenters. The summed E-state index contributed by atoms with van der Waals surface area (Å²) in [5.74, 6) is 0.941. The van der Waals surface area contributed by atoms with Crippen LogP contribution in [0.25, 0.3) is 10.9 Å². The van der Waals surface area contributed by atoms with E-state index in [0.717, 1.165) is 56.1 Å². The van der Waals surface area contributed by atoms with E-state index in [4.69, 9.17) is 17.2 Å². The van der Waals surface area contributed by atoms with E-state index < -0.39 is 0 Å². The Bertz CT molecular complexity index is 1140. The van der Waals surface area contributed by atoms with Gasteiger partial charge in [-0.25, -0.2) is 4.98 Å². The van der Waals surface area contributed by atoms with E-state index in [1.807, 2.05) is 18.2 Å². The quantitative estimate of drug-likeness (QED) is 0.251. The van der Waals surface area contributed by atoms with Gasteiger partial charge in [0.25, 0.3) is 0 Å². The number of halogens is 3. The summed E-state index contributed by atoms with van der Waals surface area (Å²) in [4.78, 5) is 7.00. The summed E-state index contributed by atoms with van der Waals surface area (Å²) in [7, 11) is 4.15. The molecular weight excluding hydrogens is 630 g/mol. The average molecular weight is 656 g/mol. The lowest BCUT2D eigenvalue weighted by Gasteiger charge is -2.31. The summed E-state index contributed by atoms with van der Waals surface area (Å²) in [5, 5.41) is 12.3. The van der Waals surface area contributed by atoms with Crippen LogP contribution in [0.2, 0.25) is 0 Å². The Morgan fingerprint density at radius 3 is 2.27 bits per heavy atom. The van der Waals surface area contributed by atoms with Crippen LogP contribution in [0.15, 0.2) is 55.9 Å². The van der Waals surface area contributed by atoms with Crippen LogP contribution in [-0.4, -0.2) is 36.3 Å². The molecule has 9 heteroatoms. The molecule has 174 valence electrons.